The number of amidine groups is 1. The fourth-order valence-electron chi connectivity index (χ4n) is 4.72. The van der Waals surface area contributed by atoms with Crippen molar-refractivity contribution in [2.45, 2.75) is 69.5 Å². The van der Waals surface area contributed by atoms with Gasteiger partial charge in [0.05, 0.1) is 6.04 Å². The molecule has 2 amide bonds. The zero-order valence-electron chi connectivity index (χ0n) is 15.3. The Labute approximate surface area is 154 Å². The molecule has 6 heteroatoms. The average Bonchev–Trinajstić information content (AvgIpc) is 2.86. The third-order valence-corrected chi connectivity index (χ3v) is 5.93. The second kappa shape index (κ2) is 6.99. The molecule has 2 aliphatic heterocycles. The molecule has 2 saturated heterocycles. The highest BCUT2D eigenvalue weighted by Gasteiger charge is 2.53. The molecular weight excluding hydrogens is 331 g/mol. The normalized spacial score (nSPS) is 31.6. The predicted molar refractivity (Wildman–Crippen MR) is 101 cm³/mol. The maximum Gasteiger partial charge on any atom is 0.328 e. The van der Waals surface area contributed by atoms with Crippen LogP contribution in [0.4, 0.5) is 14.9 Å². The van der Waals surface area contributed by atoms with Gasteiger partial charge in [0.15, 0.2) is 0 Å². The maximum atomic E-state index is 13.8. The highest BCUT2D eigenvalue weighted by molar-refractivity contribution is 6.19. The maximum absolute atomic E-state index is 13.8. The van der Waals surface area contributed by atoms with Crippen molar-refractivity contribution in [2.75, 3.05) is 11.4 Å². The van der Waals surface area contributed by atoms with E-state index in [0.717, 1.165) is 38.1 Å². The summed E-state index contributed by atoms with van der Waals surface area (Å²) < 4.78 is 13.8. The average molecular weight is 358 g/mol. The zero-order valence-corrected chi connectivity index (χ0v) is 15.3. The van der Waals surface area contributed by atoms with E-state index in [4.69, 9.17) is 4.99 Å². The fourth-order valence-corrected chi connectivity index (χ4v) is 4.72. The Kier molecular flexibility index (Phi) is 4.69. The molecule has 1 aliphatic carbocycles. The standard InChI is InChI=1S/C20H27FN4O/c1-14-13-20(10-11-22-14)18(23-16-7-3-2-4-8-16)24-19(26)25(20)17-9-5-6-15(21)12-17/h5-6,9,12,14,16,22H,2-4,7-8,10-11,13H2,1H3,(H,23,24,26)/t14-,20+/m1/s1. The Balaban J connectivity index is 1.75. The molecule has 1 aromatic carbocycles. The second-order valence-electron chi connectivity index (χ2n) is 7.86. The van der Waals surface area contributed by atoms with Crippen molar-refractivity contribution >= 4 is 17.6 Å². The van der Waals surface area contributed by atoms with Gasteiger partial charge in [-0.25, -0.2) is 9.18 Å². The van der Waals surface area contributed by atoms with E-state index in [1.165, 1.54) is 31.4 Å². The van der Waals surface area contributed by atoms with Crippen molar-refractivity contribution in [3.8, 4) is 0 Å². The minimum absolute atomic E-state index is 0.195. The first-order valence-corrected chi connectivity index (χ1v) is 9.77. The predicted octanol–water partition coefficient (Wildman–Crippen LogP) is 3.60. The van der Waals surface area contributed by atoms with E-state index in [2.05, 4.69) is 17.6 Å². The van der Waals surface area contributed by atoms with Crippen LogP contribution in [-0.4, -0.2) is 36.0 Å². The quantitative estimate of drug-likeness (QED) is 0.849. The van der Waals surface area contributed by atoms with Gasteiger partial charge >= 0.3 is 6.03 Å². The smallest absolute Gasteiger partial charge is 0.314 e. The molecule has 1 spiro atoms. The van der Waals surface area contributed by atoms with Crippen LogP contribution in [0.15, 0.2) is 29.3 Å². The van der Waals surface area contributed by atoms with Gasteiger partial charge in [-0.05, 0) is 57.4 Å². The molecule has 5 nitrogen and oxygen atoms in total. The molecular formula is C20H27FN4O. The van der Waals surface area contributed by atoms with Crippen LogP contribution in [0.2, 0.25) is 0 Å². The number of nitrogens with one attached hydrogen (secondary N) is 2. The van der Waals surface area contributed by atoms with Crippen molar-refractivity contribution in [2.24, 2.45) is 4.99 Å². The van der Waals surface area contributed by atoms with Crippen molar-refractivity contribution in [1.29, 1.82) is 0 Å². The van der Waals surface area contributed by atoms with Crippen LogP contribution in [0.25, 0.3) is 0 Å². The van der Waals surface area contributed by atoms with Gasteiger partial charge in [0.25, 0.3) is 0 Å². The summed E-state index contributed by atoms with van der Waals surface area (Å²) in [6.07, 6.45) is 7.40. The lowest BCUT2D eigenvalue weighted by Crippen LogP contribution is -2.58. The third-order valence-electron chi connectivity index (χ3n) is 5.93. The lowest BCUT2D eigenvalue weighted by molar-refractivity contribution is 0.246. The van der Waals surface area contributed by atoms with Crippen LogP contribution in [0.1, 0.15) is 51.9 Å². The van der Waals surface area contributed by atoms with E-state index in [-0.39, 0.29) is 23.9 Å². The van der Waals surface area contributed by atoms with Crippen LogP contribution in [0, 0.1) is 5.82 Å². The molecule has 2 atom stereocenters. The van der Waals surface area contributed by atoms with Gasteiger partial charge in [-0.15, -0.1) is 0 Å². The molecule has 4 rings (SSSR count). The Morgan fingerprint density at radius 3 is 2.81 bits per heavy atom. The summed E-state index contributed by atoms with van der Waals surface area (Å²) in [5.41, 5.74) is 0.0953. The lowest BCUT2D eigenvalue weighted by atomic mass is 9.82. The lowest BCUT2D eigenvalue weighted by Gasteiger charge is -2.43. The summed E-state index contributed by atoms with van der Waals surface area (Å²) in [4.78, 5) is 19.7. The van der Waals surface area contributed by atoms with Crippen LogP contribution in [0.3, 0.4) is 0 Å². The number of urea groups is 1. The summed E-state index contributed by atoms with van der Waals surface area (Å²) in [5.74, 6) is 0.456. The Morgan fingerprint density at radius 2 is 2.08 bits per heavy atom. The number of nitrogens with zero attached hydrogens (tertiary/aromatic N) is 2. The zero-order chi connectivity index (χ0) is 18.1. The number of hydrogen-bond acceptors (Lipinski definition) is 3. The first-order valence-electron chi connectivity index (χ1n) is 9.77. The first kappa shape index (κ1) is 17.5. The van der Waals surface area contributed by atoms with Gasteiger partial charge < -0.3 is 5.32 Å². The minimum atomic E-state index is -0.507. The molecule has 1 saturated carbocycles. The number of carbonyl (C=O) groups excluding carboxylic acids is 1. The van der Waals surface area contributed by atoms with Crippen molar-refractivity contribution in [1.82, 2.24) is 10.6 Å². The molecule has 3 fully saturated rings. The highest BCUT2D eigenvalue weighted by atomic mass is 19.1. The molecule has 26 heavy (non-hydrogen) atoms. The number of halogens is 1. The van der Waals surface area contributed by atoms with E-state index in [9.17, 15) is 9.18 Å². The number of piperidine rings is 1. The largest absolute Gasteiger partial charge is 0.328 e. The summed E-state index contributed by atoms with van der Waals surface area (Å²) in [6, 6.07) is 6.67. The molecule has 0 unspecified atom stereocenters. The number of benzene rings is 1. The minimum Gasteiger partial charge on any atom is -0.314 e. The van der Waals surface area contributed by atoms with Gasteiger partial charge in [-0.2, -0.15) is 0 Å². The second-order valence-corrected chi connectivity index (χ2v) is 7.86. The molecule has 140 valence electrons. The van der Waals surface area contributed by atoms with Crippen molar-refractivity contribution < 1.29 is 9.18 Å². The van der Waals surface area contributed by atoms with E-state index in [0.29, 0.717) is 5.69 Å². The summed E-state index contributed by atoms with van der Waals surface area (Å²) >= 11 is 0. The monoisotopic (exact) mass is 358 g/mol. The van der Waals surface area contributed by atoms with Crippen molar-refractivity contribution in [3.05, 3.63) is 30.1 Å². The van der Waals surface area contributed by atoms with Gasteiger partial charge in [0.1, 0.15) is 17.2 Å². The van der Waals surface area contributed by atoms with Gasteiger partial charge in [-0.3, -0.25) is 15.2 Å². The van der Waals surface area contributed by atoms with Crippen LogP contribution >= 0.6 is 0 Å². The molecule has 0 aromatic heterocycles. The van der Waals surface area contributed by atoms with Gasteiger partial charge in [0.2, 0.25) is 0 Å². The molecule has 3 aliphatic rings. The fraction of sp³-hybridized carbons (Fsp3) is 0.600. The third kappa shape index (κ3) is 3.11. The Morgan fingerprint density at radius 1 is 1.27 bits per heavy atom. The van der Waals surface area contributed by atoms with Gasteiger partial charge in [-0.1, -0.05) is 25.3 Å². The van der Waals surface area contributed by atoms with E-state index < -0.39 is 5.54 Å². The highest BCUT2D eigenvalue weighted by Crippen LogP contribution is 2.38. The molecule has 2 N–H and O–H groups in total. The van der Waals surface area contributed by atoms with E-state index in [1.54, 1.807) is 17.0 Å². The molecule has 1 aromatic rings. The number of amides is 2. The Hall–Kier alpha value is -1.95. The number of hydrogen-bond donors (Lipinski definition) is 2. The van der Waals surface area contributed by atoms with Crippen molar-refractivity contribution in [3.63, 3.8) is 0 Å². The Bertz CT molecular complexity index is 716. The summed E-state index contributed by atoms with van der Waals surface area (Å²) in [5, 5.41) is 6.50. The number of carbonyl (C=O) groups is 1. The first-order chi connectivity index (χ1) is 12.6. The molecule has 0 bridgehead atoms. The van der Waals surface area contributed by atoms with Crippen LogP contribution in [-0.2, 0) is 0 Å². The summed E-state index contributed by atoms with van der Waals surface area (Å²) in [7, 11) is 0. The van der Waals surface area contributed by atoms with E-state index >= 15 is 0 Å². The summed E-state index contributed by atoms with van der Waals surface area (Å²) in [6.45, 7) is 2.94. The topological polar surface area (TPSA) is 56.7 Å². The van der Waals surface area contributed by atoms with Crippen LogP contribution < -0.4 is 15.5 Å². The van der Waals surface area contributed by atoms with E-state index in [1.807, 2.05) is 0 Å². The number of rotatable bonds is 2. The number of aliphatic imine (C=N–C) groups is 1. The SMILES string of the molecule is C[C@@H]1C[C@@]2(CCN1)C(=NC1CCCCC1)NC(=O)N2c1cccc(F)c1. The molecule has 0 radical (unpaired) electrons. The number of anilines is 1. The van der Waals surface area contributed by atoms with Crippen LogP contribution in [0.5, 0.6) is 0 Å². The van der Waals surface area contributed by atoms with Gasteiger partial charge in [0, 0.05) is 11.7 Å². The molecule has 2 heterocycles.